The van der Waals surface area contributed by atoms with Crippen LogP contribution in [0.25, 0.3) is 0 Å². The third-order valence-corrected chi connectivity index (χ3v) is 2.34. The molecule has 0 bridgehead atoms. The van der Waals surface area contributed by atoms with Gasteiger partial charge in [0.2, 0.25) is 5.88 Å². The Morgan fingerprint density at radius 1 is 1.44 bits per heavy atom. The number of carboxylic acids is 1. The summed E-state index contributed by atoms with van der Waals surface area (Å²) in [5.74, 6) is -0.973. The number of nitrogens with zero attached hydrogens (tertiary/aromatic N) is 1. The maximum absolute atomic E-state index is 11.0. The highest BCUT2D eigenvalue weighted by atomic mass is 79.9. The fraction of sp³-hybridized carbons (Fsp3) is 0.500. The highest BCUT2D eigenvalue weighted by Gasteiger charge is 2.14. The molecule has 0 aliphatic rings. The number of aromatic carboxylic acids is 1. The summed E-state index contributed by atoms with van der Waals surface area (Å²) >= 11 is 3.17. The van der Waals surface area contributed by atoms with Crippen LogP contribution in [0.4, 0.5) is 0 Å². The van der Waals surface area contributed by atoms with E-state index in [4.69, 9.17) is 14.6 Å². The minimum Gasteiger partial charge on any atom is -0.477 e. The number of pyridine rings is 1. The van der Waals surface area contributed by atoms with Crippen LogP contribution in [0.1, 0.15) is 31.1 Å². The molecule has 6 heteroatoms. The number of rotatable bonds is 5. The number of ether oxygens (including phenoxy) is 2. The molecule has 0 aliphatic heterocycles. The second kappa shape index (κ2) is 6.15. The maximum Gasteiger partial charge on any atom is 0.341 e. The zero-order chi connectivity index (χ0) is 13.8. The molecule has 5 nitrogen and oxygen atoms in total. The first kappa shape index (κ1) is 14.9. The summed E-state index contributed by atoms with van der Waals surface area (Å²) in [4.78, 5) is 14.9. The SMILES string of the molecule is CC(C)(C)OCCOc1ncc(Br)cc1C(=O)O. The van der Waals surface area contributed by atoms with Gasteiger partial charge in [-0.2, -0.15) is 0 Å². The van der Waals surface area contributed by atoms with Crippen molar-refractivity contribution < 1.29 is 19.4 Å². The van der Waals surface area contributed by atoms with E-state index in [1.54, 1.807) is 0 Å². The Morgan fingerprint density at radius 2 is 2.11 bits per heavy atom. The lowest BCUT2D eigenvalue weighted by atomic mass is 10.2. The first-order valence-electron chi connectivity index (χ1n) is 5.45. The van der Waals surface area contributed by atoms with Gasteiger partial charge in [-0.15, -0.1) is 0 Å². The molecule has 0 saturated carbocycles. The van der Waals surface area contributed by atoms with Crippen molar-refractivity contribution in [2.24, 2.45) is 0 Å². The Hall–Kier alpha value is -1.14. The van der Waals surface area contributed by atoms with Gasteiger partial charge in [0.15, 0.2) is 0 Å². The van der Waals surface area contributed by atoms with Gasteiger partial charge < -0.3 is 14.6 Å². The van der Waals surface area contributed by atoms with Crippen molar-refractivity contribution in [1.29, 1.82) is 0 Å². The van der Waals surface area contributed by atoms with E-state index in [2.05, 4.69) is 20.9 Å². The molecule has 0 saturated heterocycles. The van der Waals surface area contributed by atoms with Crippen LogP contribution in [-0.2, 0) is 4.74 Å². The van der Waals surface area contributed by atoms with Crippen LogP contribution in [0.5, 0.6) is 5.88 Å². The number of halogens is 1. The van der Waals surface area contributed by atoms with Gasteiger partial charge in [-0.3, -0.25) is 0 Å². The highest BCUT2D eigenvalue weighted by Crippen LogP contribution is 2.20. The van der Waals surface area contributed by atoms with Crippen LogP contribution in [-0.4, -0.2) is 34.9 Å². The summed E-state index contributed by atoms with van der Waals surface area (Å²) in [5.41, 5.74) is -0.216. The average molecular weight is 318 g/mol. The molecule has 1 heterocycles. The van der Waals surface area contributed by atoms with Gasteiger partial charge in [0.1, 0.15) is 12.2 Å². The Kier molecular flexibility index (Phi) is 5.10. The van der Waals surface area contributed by atoms with Gasteiger partial charge in [0.25, 0.3) is 0 Å². The largest absolute Gasteiger partial charge is 0.477 e. The lowest BCUT2D eigenvalue weighted by Crippen LogP contribution is -2.22. The number of hydrogen-bond donors (Lipinski definition) is 1. The van der Waals surface area contributed by atoms with E-state index in [1.165, 1.54) is 12.3 Å². The van der Waals surface area contributed by atoms with E-state index < -0.39 is 5.97 Å². The third-order valence-electron chi connectivity index (χ3n) is 1.91. The topological polar surface area (TPSA) is 68.7 Å². The first-order chi connectivity index (χ1) is 8.29. The molecule has 0 atom stereocenters. The highest BCUT2D eigenvalue weighted by molar-refractivity contribution is 9.10. The van der Waals surface area contributed by atoms with Crippen LogP contribution in [0.3, 0.4) is 0 Å². The number of aromatic nitrogens is 1. The van der Waals surface area contributed by atoms with E-state index in [9.17, 15) is 4.79 Å². The smallest absolute Gasteiger partial charge is 0.341 e. The minimum absolute atomic E-state index is 0.0279. The van der Waals surface area contributed by atoms with Crippen molar-refractivity contribution in [2.75, 3.05) is 13.2 Å². The van der Waals surface area contributed by atoms with Gasteiger partial charge >= 0.3 is 5.97 Å². The Morgan fingerprint density at radius 3 is 2.67 bits per heavy atom. The molecule has 0 aliphatic carbocycles. The monoisotopic (exact) mass is 317 g/mol. The Bertz CT molecular complexity index is 429. The minimum atomic E-state index is -1.07. The van der Waals surface area contributed by atoms with Gasteiger partial charge in [0, 0.05) is 10.7 Å². The molecule has 0 amide bonds. The molecule has 1 aromatic heterocycles. The van der Waals surface area contributed by atoms with Crippen molar-refractivity contribution in [1.82, 2.24) is 4.98 Å². The lowest BCUT2D eigenvalue weighted by Gasteiger charge is -2.19. The number of carbonyl (C=O) groups is 1. The van der Waals surface area contributed by atoms with Gasteiger partial charge in [0.05, 0.1) is 12.2 Å². The predicted molar refractivity (Wildman–Crippen MR) is 70.1 cm³/mol. The van der Waals surface area contributed by atoms with E-state index in [0.29, 0.717) is 11.1 Å². The summed E-state index contributed by atoms with van der Waals surface area (Å²) in [6, 6.07) is 1.45. The molecular weight excluding hydrogens is 302 g/mol. The van der Waals surface area contributed by atoms with Crippen molar-refractivity contribution in [3.63, 3.8) is 0 Å². The molecule has 1 N–H and O–H groups in total. The van der Waals surface area contributed by atoms with Gasteiger partial charge in [-0.25, -0.2) is 9.78 Å². The maximum atomic E-state index is 11.0. The first-order valence-corrected chi connectivity index (χ1v) is 6.24. The number of carboxylic acid groups (broad SMARTS) is 1. The van der Waals surface area contributed by atoms with Crippen LogP contribution < -0.4 is 4.74 Å². The zero-order valence-corrected chi connectivity index (χ0v) is 12.2. The normalized spacial score (nSPS) is 11.3. The van der Waals surface area contributed by atoms with E-state index >= 15 is 0 Å². The summed E-state index contributed by atoms with van der Waals surface area (Å²) in [6.45, 7) is 6.45. The van der Waals surface area contributed by atoms with Crippen molar-refractivity contribution in [3.8, 4) is 5.88 Å². The Labute approximate surface area is 114 Å². The van der Waals surface area contributed by atoms with Crippen LogP contribution >= 0.6 is 15.9 Å². The molecule has 0 spiro atoms. The van der Waals surface area contributed by atoms with Crippen LogP contribution in [0.2, 0.25) is 0 Å². The van der Waals surface area contributed by atoms with E-state index in [1.807, 2.05) is 20.8 Å². The van der Waals surface area contributed by atoms with Crippen molar-refractivity contribution in [3.05, 3.63) is 22.3 Å². The van der Waals surface area contributed by atoms with Crippen molar-refractivity contribution >= 4 is 21.9 Å². The quantitative estimate of drug-likeness (QED) is 0.846. The summed E-state index contributed by atoms with van der Waals surface area (Å²) in [6.07, 6.45) is 1.49. The van der Waals surface area contributed by atoms with Crippen LogP contribution in [0.15, 0.2) is 16.7 Å². The molecule has 100 valence electrons. The summed E-state index contributed by atoms with van der Waals surface area (Å²) < 4.78 is 11.4. The molecule has 1 aromatic rings. The average Bonchev–Trinajstić information content (AvgIpc) is 2.24. The van der Waals surface area contributed by atoms with Crippen LogP contribution in [0, 0.1) is 0 Å². The fourth-order valence-electron chi connectivity index (χ4n) is 1.18. The van der Waals surface area contributed by atoms with E-state index in [-0.39, 0.29) is 23.7 Å². The second-order valence-corrected chi connectivity index (χ2v) is 5.54. The zero-order valence-electron chi connectivity index (χ0n) is 10.6. The van der Waals surface area contributed by atoms with Gasteiger partial charge in [-0.05, 0) is 42.8 Å². The number of hydrogen-bond acceptors (Lipinski definition) is 4. The third kappa shape index (κ3) is 5.01. The predicted octanol–water partition coefficient (Wildman–Crippen LogP) is 2.74. The fourth-order valence-corrected chi connectivity index (χ4v) is 1.51. The second-order valence-electron chi connectivity index (χ2n) is 4.62. The standard InChI is InChI=1S/C12H16BrNO4/c1-12(2,3)18-5-4-17-10-9(11(15)16)6-8(13)7-14-10/h6-7H,4-5H2,1-3H3,(H,15,16). The molecule has 0 radical (unpaired) electrons. The molecular formula is C12H16BrNO4. The summed E-state index contributed by atoms with van der Waals surface area (Å²) in [7, 11) is 0. The molecule has 18 heavy (non-hydrogen) atoms. The molecule has 0 aromatic carbocycles. The lowest BCUT2D eigenvalue weighted by molar-refractivity contribution is -0.0169. The van der Waals surface area contributed by atoms with Crippen molar-refractivity contribution in [2.45, 2.75) is 26.4 Å². The van der Waals surface area contributed by atoms with Gasteiger partial charge in [-0.1, -0.05) is 0 Å². The van der Waals surface area contributed by atoms with E-state index in [0.717, 1.165) is 0 Å². The Balaban J connectivity index is 2.59. The summed E-state index contributed by atoms with van der Waals surface area (Å²) in [5, 5.41) is 9.00. The molecule has 1 rings (SSSR count). The molecule has 0 unspecified atom stereocenters. The molecule has 0 fully saturated rings.